The van der Waals surface area contributed by atoms with Gasteiger partial charge >= 0.3 is 0 Å². The Morgan fingerprint density at radius 2 is 1.09 bits per heavy atom. The highest BCUT2D eigenvalue weighted by Crippen LogP contribution is 2.37. The lowest BCUT2D eigenvalue weighted by atomic mass is 10.0. The summed E-state index contributed by atoms with van der Waals surface area (Å²) in [6, 6.07) is 49.6. The first-order chi connectivity index (χ1) is 28.4. The third-order valence-electron chi connectivity index (χ3n) is 10.2. The minimum Gasteiger partial charge on any atom is -0.726 e. The monoisotopic (exact) mass is 826 g/mol. The Morgan fingerprint density at radius 1 is 0.603 bits per heavy atom. The zero-order valence-corrected chi connectivity index (χ0v) is 33.9. The molecule has 10 nitrogen and oxygen atoms in total. The van der Waals surface area contributed by atoms with Gasteiger partial charge in [-0.25, -0.2) is 8.42 Å². The zero-order valence-electron chi connectivity index (χ0n) is 32.2. The van der Waals surface area contributed by atoms with E-state index < -0.39 is 58.1 Å². The Bertz CT molecular complexity index is 2030. The first-order valence-electron chi connectivity index (χ1n) is 19.6. The van der Waals surface area contributed by atoms with Gasteiger partial charge in [-0.2, -0.15) is 0 Å². The average Bonchev–Trinajstić information content (AvgIpc) is 3.25. The molecule has 2 aliphatic heterocycles. The molecule has 5 aromatic carbocycles. The van der Waals surface area contributed by atoms with Crippen LogP contribution < -0.4 is 0 Å². The van der Waals surface area contributed by atoms with Crippen LogP contribution in [0.1, 0.15) is 40.5 Å². The number of hydrogen-bond donors (Lipinski definition) is 0. The highest BCUT2D eigenvalue weighted by atomic mass is 32.3. The molecule has 306 valence electrons. The van der Waals surface area contributed by atoms with Crippen molar-refractivity contribution < 1.29 is 45.6 Å². The van der Waals surface area contributed by atoms with E-state index in [0.717, 1.165) is 27.8 Å². The quantitative estimate of drug-likeness (QED) is 0.0363. The summed E-state index contributed by atoms with van der Waals surface area (Å²) in [5, 5.41) is -0.136. The van der Waals surface area contributed by atoms with Crippen molar-refractivity contribution in [3.63, 3.8) is 0 Å². The van der Waals surface area contributed by atoms with Gasteiger partial charge in [0.15, 0.2) is 6.29 Å². The molecule has 2 aliphatic rings. The van der Waals surface area contributed by atoms with E-state index in [1.807, 2.05) is 152 Å². The second kappa shape index (κ2) is 21.4. The predicted molar refractivity (Wildman–Crippen MR) is 221 cm³/mol. The Balaban J connectivity index is 1.23. The molecule has 7 rings (SSSR count). The summed E-state index contributed by atoms with van der Waals surface area (Å²) in [7, 11) is -5.64. The molecule has 2 heterocycles. The molecule has 0 bridgehead atoms. The largest absolute Gasteiger partial charge is 0.726 e. The van der Waals surface area contributed by atoms with Gasteiger partial charge in [0.1, 0.15) is 47.3 Å². The first kappa shape index (κ1) is 42.2. The smallest absolute Gasteiger partial charge is 0.218 e. The van der Waals surface area contributed by atoms with Crippen LogP contribution in [-0.2, 0) is 80.3 Å². The molecule has 8 atom stereocenters. The molecule has 0 aliphatic carbocycles. The van der Waals surface area contributed by atoms with Crippen molar-refractivity contribution >= 4 is 21.3 Å². The first-order valence-corrected chi connectivity index (χ1v) is 22.5. The highest BCUT2D eigenvalue weighted by Gasteiger charge is 2.55. The number of ether oxygens (including phenoxy) is 6. The van der Waals surface area contributed by atoms with Crippen LogP contribution in [0.25, 0.3) is 0 Å². The minimum atomic E-state index is -5.08. The molecule has 12 heteroatoms. The maximum absolute atomic E-state index is 12.1. The molecule has 1 unspecified atom stereocenters. The van der Waals surface area contributed by atoms with Crippen LogP contribution in [-0.4, -0.2) is 73.5 Å². The second-order valence-corrected chi connectivity index (χ2v) is 17.7. The Labute approximate surface area is 344 Å². The van der Waals surface area contributed by atoms with Crippen LogP contribution in [0.15, 0.2) is 152 Å². The fourth-order valence-corrected chi connectivity index (χ4v) is 10.9. The third-order valence-corrected chi connectivity index (χ3v) is 13.6. The van der Waals surface area contributed by atoms with Crippen molar-refractivity contribution in [3.05, 3.63) is 179 Å². The molecule has 0 aromatic heterocycles. The number of benzene rings is 5. The maximum Gasteiger partial charge on any atom is 0.218 e. The zero-order chi connectivity index (χ0) is 40.0. The van der Waals surface area contributed by atoms with Gasteiger partial charge in [0, 0.05) is 12.0 Å². The second-order valence-electron chi connectivity index (χ2n) is 14.4. The van der Waals surface area contributed by atoms with Crippen molar-refractivity contribution in [1.29, 1.82) is 0 Å². The van der Waals surface area contributed by atoms with E-state index in [1.54, 1.807) is 0 Å². The SMILES string of the molecule is O=S(=O)([O-])O[C@@H]1CO[C@@H](c2ccccc2)O[C@H]1C[S+]1C[C@@H](OCc2ccccc2)[C@@H](OCc2ccccc2)[C@@H](OCc2ccccc2)[C@@H]1CCOCc1ccccc1. The topological polar surface area (TPSA) is 122 Å². The van der Waals surface area contributed by atoms with Crippen LogP contribution in [0.2, 0.25) is 0 Å². The van der Waals surface area contributed by atoms with Crippen LogP contribution in [0.5, 0.6) is 0 Å². The molecular weight excluding hydrogens is 777 g/mol. The summed E-state index contributed by atoms with van der Waals surface area (Å²) in [6.07, 6.45) is -3.47. The van der Waals surface area contributed by atoms with Gasteiger partial charge in [0.2, 0.25) is 10.4 Å². The van der Waals surface area contributed by atoms with Gasteiger partial charge < -0.3 is 33.0 Å². The molecule has 2 fully saturated rings. The maximum atomic E-state index is 12.1. The summed E-state index contributed by atoms with van der Waals surface area (Å²) in [5.74, 6) is 0.923. The molecule has 0 amide bonds. The van der Waals surface area contributed by atoms with E-state index in [4.69, 9.17) is 32.6 Å². The minimum absolute atomic E-state index is 0.136. The van der Waals surface area contributed by atoms with Gasteiger partial charge in [-0.3, -0.25) is 4.18 Å². The molecule has 0 radical (unpaired) electrons. The lowest BCUT2D eigenvalue weighted by Crippen LogP contribution is -2.61. The van der Waals surface area contributed by atoms with Crippen molar-refractivity contribution in [3.8, 4) is 0 Å². The van der Waals surface area contributed by atoms with E-state index in [0.29, 0.717) is 51.0 Å². The van der Waals surface area contributed by atoms with Crippen molar-refractivity contribution in [2.24, 2.45) is 0 Å². The fourth-order valence-electron chi connectivity index (χ4n) is 7.35. The van der Waals surface area contributed by atoms with E-state index >= 15 is 0 Å². The lowest BCUT2D eigenvalue weighted by Gasteiger charge is -2.43. The molecular formula is C46H50O10S2. The van der Waals surface area contributed by atoms with Crippen molar-refractivity contribution in [2.75, 3.05) is 24.7 Å². The van der Waals surface area contributed by atoms with Crippen molar-refractivity contribution in [2.45, 2.75) is 74.9 Å². The Hall–Kier alpha value is -3.92. The molecule has 58 heavy (non-hydrogen) atoms. The summed E-state index contributed by atoms with van der Waals surface area (Å²) < 4.78 is 80.9. The van der Waals surface area contributed by atoms with Gasteiger partial charge in [-0.05, 0) is 33.1 Å². The molecule has 2 saturated heterocycles. The fraction of sp³-hybridized carbons (Fsp3) is 0.348. The summed E-state index contributed by atoms with van der Waals surface area (Å²) in [5.41, 5.74) is 4.91. The van der Waals surface area contributed by atoms with E-state index in [2.05, 4.69) is 0 Å². The molecule has 5 aromatic rings. The Morgan fingerprint density at radius 3 is 1.62 bits per heavy atom. The molecule has 0 spiro atoms. The molecule has 0 saturated carbocycles. The number of rotatable bonds is 19. The van der Waals surface area contributed by atoms with E-state index in [-0.39, 0.29) is 11.9 Å². The van der Waals surface area contributed by atoms with Gasteiger partial charge in [-0.15, -0.1) is 0 Å². The predicted octanol–water partition coefficient (Wildman–Crippen LogP) is 7.31. The third kappa shape index (κ3) is 12.5. The van der Waals surface area contributed by atoms with Crippen molar-refractivity contribution in [1.82, 2.24) is 0 Å². The normalized spacial score (nSPS) is 25.0. The van der Waals surface area contributed by atoms with Crippen LogP contribution >= 0.6 is 0 Å². The van der Waals surface area contributed by atoms with Crippen LogP contribution in [0, 0.1) is 0 Å². The average molecular weight is 827 g/mol. The Kier molecular flexibility index (Phi) is 15.6. The standard InChI is InChI=1S/C46H50O10S2/c47-58(48,49)56-40-32-54-46(39-24-14-5-15-25-39)55-41(40)33-57-34-42(51-29-36-18-8-2-9-19-36)44(52-30-37-20-10-3-11-21-37)45(53-31-38-22-12-4-13-23-38)43(57)26-27-50-28-35-16-6-1-7-17-35/h1-25,40-46H,26-34H2/t40-,41+,42-,43+,44-,45+,46-,57?/m1/s1. The van der Waals surface area contributed by atoms with E-state index in [9.17, 15) is 13.0 Å². The highest BCUT2D eigenvalue weighted by molar-refractivity contribution is 7.97. The van der Waals surface area contributed by atoms with Gasteiger partial charge in [-0.1, -0.05) is 152 Å². The lowest BCUT2D eigenvalue weighted by molar-refractivity contribution is -0.245. The van der Waals surface area contributed by atoms with Crippen LogP contribution in [0.3, 0.4) is 0 Å². The van der Waals surface area contributed by atoms with Gasteiger partial charge in [0.25, 0.3) is 0 Å². The molecule has 0 N–H and O–H groups in total. The van der Waals surface area contributed by atoms with Crippen LogP contribution in [0.4, 0.5) is 0 Å². The number of hydrogen-bond acceptors (Lipinski definition) is 10. The summed E-state index contributed by atoms with van der Waals surface area (Å²) in [6.45, 7) is 1.79. The summed E-state index contributed by atoms with van der Waals surface area (Å²) in [4.78, 5) is 0. The summed E-state index contributed by atoms with van der Waals surface area (Å²) >= 11 is 0. The van der Waals surface area contributed by atoms with E-state index in [1.165, 1.54) is 0 Å². The van der Waals surface area contributed by atoms with Gasteiger partial charge in [0.05, 0.1) is 39.6 Å².